The maximum Gasteiger partial charge on any atom is 0.130 e. The quantitative estimate of drug-likeness (QED) is 0.607. The van der Waals surface area contributed by atoms with Crippen molar-refractivity contribution in [2.24, 2.45) is 0 Å². The average molecular weight is 298 g/mol. The van der Waals surface area contributed by atoms with Crippen molar-refractivity contribution in [1.29, 1.82) is 0 Å². The summed E-state index contributed by atoms with van der Waals surface area (Å²) in [5.74, 6) is 0.793. The monoisotopic (exact) mass is 298 g/mol. The lowest BCUT2D eigenvalue weighted by atomic mass is 10.1. The van der Waals surface area contributed by atoms with Crippen LogP contribution in [-0.2, 0) is 0 Å². The van der Waals surface area contributed by atoms with Crippen molar-refractivity contribution in [1.82, 2.24) is 15.0 Å². The van der Waals surface area contributed by atoms with Crippen LogP contribution >= 0.6 is 0 Å². The molecule has 4 nitrogen and oxygen atoms in total. The first-order chi connectivity index (χ1) is 11.4. The summed E-state index contributed by atoms with van der Waals surface area (Å²) in [6.07, 6.45) is 7.29. The molecule has 0 saturated heterocycles. The van der Waals surface area contributed by atoms with E-state index < -0.39 is 0 Å². The lowest BCUT2D eigenvalue weighted by Crippen LogP contribution is -1.94. The number of rotatable bonds is 3. The molecule has 0 fully saturated rings. The van der Waals surface area contributed by atoms with Gasteiger partial charge in [-0.2, -0.15) is 0 Å². The van der Waals surface area contributed by atoms with Crippen molar-refractivity contribution in [2.45, 2.75) is 0 Å². The van der Waals surface area contributed by atoms with E-state index in [0.717, 1.165) is 33.5 Å². The standard InChI is InChI=1S/C19H14N4/c1-2-4-17(5-3-1)23-19-11-14(7-9-21-19)18-10-16-12-20-8-6-15(16)13-22-18/h1-13H,(H,21,23). The summed E-state index contributed by atoms with van der Waals surface area (Å²) in [6, 6.07) is 17.9. The molecule has 3 heterocycles. The third-order valence-electron chi connectivity index (χ3n) is 3.62. The van der Waals surface area contributed by atoms with Gasteiger partial charge in [0.15, 0.2) is 0 Å². The predicted octanol–water partition coefficient (Wildman–Crippen LogP) is 4.44. The summed E-state index contributed by atoms with van der Waals surface area (Å²) in [6.45, 7) is 0. The molecule has 0 atom stereocenters. The Morgan fingerprint density at radius 3 is 2.57 bits per heavy atom. The van der Waals surface area contributed by atoms with Gasteiger partial charge in [0.1, 0.15) is 5.82 Å². The Balaban J connectivity index is 1.69. The maximum absolute atomic E-state index is 4.54. The van der Waals surface area contributed by atoms with Crippen molar-refractivity contribution in [3.8, 4) is 11.3 Å². The number of aromatic nitrogens is 3. The molecule has 4 rings (SSSR count). The largest absolute Gasteiger partial charge is 0.340 e. The molecule has 0 radical (unpaired) electrons. The topological polar surface area (TPSA) is 50.7 Å². The third-order valence-corrected chi connectivity index (χ3v) is 3.62. The molecule has 0 aliphatic rings. The van der Waals surface area contributed by atoms with Crippen LogP contribution in [0.1, 0.15) is 0 Å². The van der Waals surface area contributed by atoms with Gasteiger partial charge in [0.2, 0.25) is 0 Å². The van der Waals surface area contributed by atoms with Crippen LogP contribution in [0, 0.1) is 0 Å². The van der Waals surface area contributed by atoms with E-state index in [1.165, 1.54) is 0 Å². The first-order valence-electron chi connectivity index (χ1n) is 7.37. The number of fused-ring (bicyclic) bond motifs is 1. The number of para-hydroxylation sites is 1. The molecule has 0 spiro atoms. The van der Waals surface area contributed by atoms with E-state index in [-0.39, 0.29) is 0 Å². The highest BCUT2D eigenvalue weighted by Gasteiger charge is 2.04. The number of benzene rings is 1. The Labute approximate surface area is 133 Å². The van der Waals surface area contributed by atoms with Gasteiger partial charge in [-0.3, -0.25) is 9.97 Å². The number of nitrogens with zero attached hydrogens (tertiary/aromatic N) is 3. The first-order valence-corrected chi connectivity index (χ1v) is 7.37. The van der Waals surface area contributed by atoms with E-state index in [9.17, 15) is 0 Å². The highest BCUT2D eigenvalue weighted by Crippen LogP contribution is 2.24. The van der Waals surface area contributed by atoms with Crippen molar-refractivity contribution in [3.05, 3.63) is 79.4 Å². The van der Waals surface area contributed by atoms with Crippen LogP contribution in [-0.4, -0.2) is 15.0 Å². The summed E-state index contributed by atoms with van der Waals surface area (Å²) in [5.41, 5.74) is 2.93. The summed E-state index contributed by atoms with van der Waals surface area (Å²) in [5, 5.41) is 5.46. The Bertz CT molecular complexity index is 951. The molecule has 0 bridgehead atoms. The number of hydrogen-bond acceptors (Lipinski definition) is 4. The molecule has 0 aliphatic carbocycles. The number of pyridine rings is 3. The molecule has 0 unspecified atom stereocenters. The fourth-order valence-corrected chi connectivity index (χ4v) is 2.46. The lowest BCUT2D eigenvalue weighted by molar-refractivity contribution is 1.28. The van der Waals surface area contributed by atoms with E-state index >= 15 is 0 Å². The minimum atomic E-state index is 0.793. The van der Waals surface area contributed by atoms with Gasteiger partial charge in [-0.05, 0) is 36.4 Å². The second-order valence-electron chi connectivity index (χ2n) is 5.21. The van der Waals surface area contributed by atoms with E-state index in [1.54, 1.807) is 12.4 Å². The smallest absolute Gasteiger partial charge is 0.130 e. The van der Waals surface area contributed by atoms with Crippen molar-refractivity contribution in [2.75, 3.05) is 5.32 Å². The molecule has 0 aliphatic heterocycles. The zero-order valence-electron chi connectivity index (χ0n) is 12.3. The van der Waals surface area contributed by atoms with Gasteiger partial charge in [0, 0.05) is 46.8 Å². The molecule has 110 valence electrons. The van der Waals surface area contributed by atoms with Crippen LogP contribution in [0.25, 0.3) is 22.0 Å². The van der Waals surface area contributed by atoms with Crippen LogP contribution in [0.2, 0.25) is 0 Å². The summed E-state index contributed by atoms with van der Waals surface area (Å²) < 4.78 is 0. The molecular formula is C19H14N4. The zero-order chi connectivity index (χ0) is 15.5. The van der Waals surface area contributed by atoms with Gasteiger partial charge in [-0.1, -0.05) is 18.2 Å². The second-order valence-corrected chi connectivity index (χ2v) is 5.21. The predicted molar refractivity (Wildman–Crippen MR) is 92.5 cm³/mol. The van der Waals surface area contributed by atoms with E-state index in [1.807, 2.05) is 67.0 Å². The van der Waals surface area contributed by atoms with Gasteiger partial charge in [0.25, 0.3) is 0 Å². The molecule has 1 N–H and O–H groups in total. The lowest BCUT2D eigenvalue weighted by Gasteiger charge is -2.07. The summed E-state index contributed by atoms with van der Waals surface area (Å²) >= 11 is 0. The van der Waals surface area contributed by atoms with Crippen molar-refractivity contribution in [3.63, 3.8) is 0 Å². The van der Waals surface area contributed by atoms with Gasteiger partial charge in [-0.15, -0.1) is 0 Å². The van der Waals surface area contributed by atoms with Crippen molar-refractivity contribution < 1.29 is 0 Å². The normalized spacial score (nSPS) is 10.6. The van der Waals surface area contributed by atoms with E-state index in [0.29, 0.717) is 0 Å². The fraction of sp³-hybridized carbons (Fsp3) is 0. The third kappa shape index (κ3) is 2.87. The van der Waals surface area contributed by atoms with Crippen molar-refractivity contribution >= 4 is 22.3 Å². The average Bonchev–Trinajstić information content (AvgIpc) is 2.62. The highest BCUT2D eigenvalue weighted by atomic mass is 15.0. The van der Waals surface area contributed by atoms with Crippen LogP contribution in [0.15, 0.2) is 79.4 Å². The molecule has 3 aromatic heterocycles. The van der Waals surface area contributed by atoms with Crippen LogP contribution in [0.3, 0.4) is 0 Å². The Kier molecular flexibility index (Phi) is 3.41. The number of nitrogens with one attached hydrogen (secondary N) is 1. The Morgan fingerprint density at radius 2 is 1.65 bits per heavy atom. The van der Waals surface area contributed by atoms with Gasteiger partial charge < -0.3 is 5.32 Å². The van der Waals surface area contributed by atoms with E-state index in [2.05, 4.69) is 20.3 Å². The molecular weight excluding hydrogens is 284 g/mol. The zero-order valence-corrected chi connectivity index (χ0v) is 12.3. The highest BCUT2D eigenvalue weighted by molar-refractivity contribution is 5.84. The van der Waals surface area contributed by atoms with Gasteiger partial charge in [-0.25, -0.2) is 4.98 Å². The Morgan fingerprint density at radius 1 is 0.739 bits per heavy atom. The number of anilines is 2. The van der Waals surface area contributed by atoms with E-state index in [4.69, 9.17) is 0 Å². The van der Waals surface area contributed by atoms with Gasteiger partial charge in [0.05, 0.1) is 5.69 Å². The SMILES string of the molecule is c1ccc(Nc2cc(-c3cc4cnccc4cn3)ccn2)cc1. The molecule has 4 aromatic rings. The van der Waals surface area contributed by atoms with Gasteiger partial charge >= 0.3 is 0 Å². The van der Waals surface area contributed by atoms with Crippen LogP contribution in [0.5, 0.6) is 0 Å². The molecule has 1 aromatic carbocycles. The Hall–Kier alpha value is -3.27. The summed E-state index contributed by atoms with van der Waals surface area (Å²) in [4.78, 5) is 13.1. The summed E-state index contributed by atoms with van der Waals surface area (Å²) in [7, 11) is 0. The van der Waals surface area contributed by atoms with Crippen LogP contribution in [0.4, 0.5) is 11.5 Å². The molecule has 23 heavy (non-hydrogen) atoms. The first kappa shape index (κ1) is 13.4. The fourth-order valence-electron chi connectivity index (χ4n) is 2.46. The second kappa shape index (κ2) is 5.85. The number of hydrogen-bond donors (Lipinski definition) is 1. The maximum atomic E-state index is 4.54. The minimum absolute atomic E-state index is 0.793. The molecule has 0 saturated carbocycles. The minimum Gasteiger partial charge on any atom is -0.340 e. The van der Waals surface area contributed by atoms with Crippen LogP contribution < -0.4 is 5.32 Å². The molecule has 0 amide bonds. The molecule has 4 heteroatoms.